The van der Waals surface area contributed by atoms with Gasteiger partial charge in [-0.2, -0.15) is 0 Å². The summed E-state index contributed by atoms with van der Waals surface area (Å²) in [5.41, 5.74) is 2.42. The Morgan fingerprint density at radius 2 is 2.00 bits per heavy atom. The molecular weight excluding hydrogens is 234 g/mol. The summed E-state index contributed by atoms with van der Waals surface area (Å²) in [7, 11) is 0. The van der Waals surface area contributed by atoms with Crippen molar-refractivity contribution < 1.29 is 0 Å². The molecule has 3 rings (SSSR count). The summed E-state index contributed by atoms with van der Waals surface area (Å²) in [5.74, 6) is 0. The molecule has 2 saturated carbocycles. The Morgan fingerprint density at radius 1 is 1.21 bits per heavy atom. The van der Waals surface area contributed by atoms with Crippen LogP contribution in [0.5, 0.6) is 0 Å². The quantitative estimate of drug-likeness (QED) is 0.778. The van der Waals surface area contributed by atoms with E-state index in [0.717, 1.165) is 25.2 Å². The highest BCUT2D eigenvalue weighted by Crippen LogP contribution is 2.28. The Balaban J connectivity index is 1.57. The zero-order valence-corrected chi connectivity index (χ0v) is 11.9. The summed E-state index contributed by atoms with van der Waals surface area (Å²) >= 11 is 0. The Kier molecular flexibility index (Phi) is 4.14. The molecule has 3 nitrogen and oxygen atoms in total. The van der Waals surface area contributed by atoms with Crippen LogP contribution in [0.3, 0.4) is 0 Å². The zero-order chi connectivity index (χ0) is 13.1. The molecule has 0 saturated heterocycles. The minimum atomic E-state index is 0.758. The average molecular weight is 259 g/mol. The van der Waals surface area contributed by atoms with Gasteiger partial charge in [-0.3, -0.25) is 9.88 Å². The number of aromatic nitrogens is 1. The lowest BCUT2D eigenvalue weighted by Crippen LogP contribution is -2.27. The van der Waals surface area contributed by atoms with E-state index in [1.165, 1.54) is 50.0 Å². The maximum atomic E-state index is 4.80. The number of hydrogen-bond donors (Lipinski definition) is 1. The third kappa shape index (κ3) is 4.02. The number of nitrogens with zero attached hydrogens (tertiary/aromatic N) is 2. The predicted octanol–water partition coefficient (Wildman–Crippen LogP) is 2.71. The number of nitrogens with one attached hydrogen (secondary N) is 1. The highest BCUT2D eigenvalue weighted by molar-refractivity contribution is 5.12. The maximum absolute atomic E-state index is 4.80. The molecule has 1 N–H and O–H groups in total. The number of rotatable bonds is 8. The minimum absolute atomic E-state index is 0.758. The molecule has 2 fully saturated rings. The summed E-state index contributed by atoms with van der Waals surface area (Å²) in [4.78, 5) is 7.40. The van der Waals surface area contributed by atoms with Crippen LogP contribution in [-0.2, 0) is 13.1 Å². The summed E-state index contributed by atoms with van der Waals surface area (Å²) in [6, 6.07) is 8.05. The third-order valence-electron chi connectivity index (χ3n) is 3.95. The van der Waals surface area contributed by atoms with E-state index in [1.54, 1.807) is 0 Å². The normalized spacial score (nSPS) is 19.1. The molecule has 2 aliphatic carbocycles. The molecule has 2 aliphatic rings. The molecule has 1 aromatic rings. The van der Waals surface area contributed by atoms with Gasteiger partial charge in [0.25, 0.3) is 0 Å². The molecule has 1 heterocycles. The van der Waals surface area contributed by atoms with Crippen LogP contribution in [0.2, 0.25) is 0 Å². The van der Waals surface area contributed by atoms with E-state index >= 15 is 0 Å². The van der Waals surface area contributed by atoms with Crippen LogP contribution < -0.4 is 5.32 Å². The van der Waals surface area contributed by atoms with Crippen LogP contribution in [0, 0.1) is 0 Å². The molecule has 3 heteroatoms. The Morgan fingerprint density at radius 3 is 2.68 bits per heavy atom. The van der Waals surface area contributed by atoms with Gasteiger partial charge >= 0.3 is 0 Å². The lowest BCUT2D eigenvalue weighted by Gasteiger charge is -2.20. The van der Waals surface area contributed by atoms with E-state index in [0.29, 0.717) is 0 Å². The van der Waals surface area contributed by atoms with E-state index in [1.807, 2.05) is 0 Å². The smallest absolute Gasteiger partial charge is 0.0547 e. The van der Waals surface area contributed by atoms with E-state index in [9.17, 15) is 0 Å². The van der Waals surface area contributed by atoms with Crippen molar-refractivity contribution in [2.24, 2.45) is 0 Å². The minimum Gasteiger partial charge on any atom is -0.308 e. The molecule has 0 aromatic carbocycles. The van der Waals surface area contributed by atoms with Gasteiger partial charge in [-0.1, -0.05) is 13.0 Å². The van der Waals surface area contributed by atoms with Crippen LogP contribution in [0.15, 0.2) is 18.2 Å². The van der Waals surface area contributed by atoms with Gasteiger partial charge in [0.1, 0.15) is 0 Å². The first-order chi connectivity index (χ1) is 9.35. The summed E-state index contributed by atoms with van der Waals surface area (Å²) in [6.45, 7) is 5.42. The fourth-order valence-corrected chi connectivity index (χ4v) is 2.58. The van der Waals surface area contributed by atoms with Gasteiger partial charge < -0.3 is 5.32 Å². The average Bonchev–Trinajstić information content (AvgIpc) is 3.30. The fourth-order valence-electron chi connectivity index (χ4n) is 2.58. The van der Waals surface area contributed by atoms with Gasteiger partial charge in [-0.25, -0.2) is 0 Å². The summed E-state index contributed by atoms with van der Waals surface area (Å²) in [6.07, 6.45) is 6.67. The van der Waals surface area contributed by atoms with E-state index < -0.39 is 0 Å². The number of pyridine rings is 1. The monoisotopic (exact) mass is 259 g/mol. The standard InChI is InChI=1S/C16H25N3/c1-2-10-19(16-8-9-16)12-15-5-3-4-14(18-15)11-17-13-6-7-13/h3-5,13,16-17H,2,6-12H2,1H3. The van der Waals surface area contributed by atoms with Crippen LogP contribution >= 0.6 is 0 Å². The van der Waals surface area contributed by atoms with Crippen molar-refractivity contribution in [2.75, 3.05) is 6.54 Å². The van der Waals surface area contributed by atoms with Crippen LogP contribution in [0.25, 0.3) is 0 Å². The third-order valence-corrected chi connectivity index (χ3v) is 3.95. The molecule has 1 aromatic heterocycles. The second kappa shape index (κ2) is 6.02. The molecule has 0 bridgehead atoms. The maximum Gasteiger partial charge on any atom is 0.0547 e. The van der Waals surface area contributed by atoms with Crippen LogP contribution in [-0.4, -0.2) is 28.5 Å². The van der Waals surface area contributed by atoms with Crippen molar-refractivity contribution in [1.29, 1.82) is 0 Å². The molecule has 104 valence electrons. The second-order valence-electron chi connectivity index (χ2n) is 5.98. The molecule has 0 unspecified atom stereocenters. The van der Waals surface area contributed by atoms with Gasteiger partial charge in [0, 0.05) is 25.2 Å². The second-order valence-corrected chi connectivity index (χ2v) is 5.98. The number of hydrogen-bond acceptors (Lipinski definition) is 3. The molecular formula is C16H25N3. The molecule has 0 aliphatic heterocycles. The van der Waals surface area contributed by atoms with Gasteiger partial charge in [0.05, 0.1) is 11.4 Å². The van der Waals surface area contributed by atoms with Crippen LogP contribution in [0.4, 0.5) is 0 Å². The van der Waals surface area contributed by atoms with Crippen molar-refractivity contribution in [1.82, 2.24) is 15.2 Å². The largest absolute Gasteiger partial charge is 0.308 e. The van der Waals surface area contributed by atoms with Crippen molar-refractivity contribution in [2.45, 2.75) is 64.2 Å². The summed E-state index contributed by atoms with van der Waals surface area (Å²) in [5, 5.41) is 3.54. The Bertz CT molecular complexity index is 410. The van der Waals surface area contributed by atoms with Gasteiger partial charge in [-0.15, -0.1) is 0 Å². The van der Waals surface area contributed by atoms with E-state index in [-0.39, 0.29) is 0 Å². The molecule has 0 amide bonds. The Labute approximate surface area is 116 Å². The summed E-state index contributed by atoms with van der Waals surface area (Å²) < 4.78 is 0. The first-order valence-electron chi connectivity index (χ1n) is 7.77. The zero-order valence-electron chi connectivity index (χ0n) is 11.9. The fraction of sp³-hybridized carbons (Fsp3) is 0.688. The van der Waals surface area contributed by atoms with Crippen molar-refractivity contribution in [3.8, 4) is 0 Å². The molecule has 19 heavy (non-hydrogen) atoms. The SMILES string of the molecule is CCCN(Cc1cccc(CNC2CC2)n1)C1CC1. The topological polar surface area (TPSA) is 28.2 Å². The van der Waals surface area contributed by atoms with Crippen molar-refractivity contribution in [3.63, 3.8) is 0 Å². The highest BCUT2D eigenvalue weighted by atomic mass is 15.2. The van der Waals surface area contributed by atoms with Gasteiger partial charge in [0.2, 0.25) is 0 Å². The predicted molar refractivity (Wildman–Crippen MR) is 77.8 cm³/mol. The lowest BCUT2D eigenvalue weighted by atomic mass is 10.2. The van der Waals surface area contributed by atoms with Gasteiger partial charge in [-0.05, 0) is 50.8 Å². The van der Waals surface area contributed by atoms with Crippen LogP contribution in [0.1, 0.15) is 50.4 Å². The van der Waals surface area contributed by atoms with E-state index in [2.05, 4.69) is 35.3 Å². The van der Waals surface area contributed by atoms with Crippen molar-refractivity contribution >= 4 is 0 Å². The molecule has 0 spiro atoms. The highest BCUT2D eigenvalue weighted by Gasteiger charge is 2.28. The lowest BCUT2D eigenvalue weighted by molar-refractivity contribution is 0.252. The molecule has 0 radical (unpaired) electrons. The first-order valence-corrected chi connectivity index (χ1v) is 7.77. The Hall–Kier alpha value is -0.930. The molecule has 0 atom stereocenters. The van der Waals surface area contributed by atoms with Crippen molar-refractivity contribution in [3.05, 3.63) is 29.6 Å². The first kappa shape index (κ1) is 13.1. The van der Waals surface area contributed by atoms with Gasteiger partial charge in [0.15, 0.2) is 0 Å². The van der Waals surface area contributed by atoms with E-state index in [4.69, 9.17) is 4.98 Å².